The molecule has 0 spiro atoms. The Morgan fingerprint density at radius 3 is 3.00 bits per heavy atom. The second kappa shape index (κ2) is 8.24. The van der Waals surface area contributed by atoms with Crippen molar-refractivity contribution in [3.63, 3.8) is 0 Å². The number of rotatable bonds is 4. The van der Waals surface area contributed by atoms with Crippen molar-refractivity contribution in [3.8, 4) is 0 Å². The van der Waals surface area contributed by atoms with Crippen LogP contribution in [0.3, 0.4) is 0 Å². The summed E-state index contributed by atoms with van der Waals surface area (Å²) in [5.74, 6) is 0.401. The van der Waals surface area contributed by atoms with E-state index >= 15 is 0 Å². The van der Waals surface area contributed by atoms with Gasteiger partial charge in [0.1, 0.15) is 0 Å². The first kappa shape index (κ1) is 18.8. The topological polar surface area (TPSA) is 76.1 Å². The molecule has 1 fully saturated rings. The molecule has 2 amide bonds. The van der Waals surface area contributed by atoms with Gasteiger partial charge in [0.2, 0.25) is 0 Å². The lowest BCUT2D eigenvalue weighted by atomic mass is 9.99. The number of aromatic nitrogens is 2. The van der Waals surface area contributed by atoms with Gasteiger partial charge in [-0.3, -0.25) is 4.98 Å². The summed E-state index contributed by atoms with van der Waals surface area (Å²) in [6.07, 6.45) is 5.08. The summed E-state index contributed by atoms with van der Waals surface area (Å²) in [7, 11) is 0. The van der Waals surface area contributed by atoms with Crippen LogP contribution in [0.4, 0.5) is 10.5 Å². The monoisotopic (exact) mass is 396 g/mol. The minimum absolute atomic E-state index is 0.0317. The van der Waals surface area contributed by atoms with Gasteiger partial charge < -0.3 is 15.4 Å². The summed E-state index contributed by atoms with van der Waals surface area (Å²) in [4.78, 5) is 21.3. The van der Waals surface area contributed by atoms with Crippen LogP contribution in [0.25, 0.3) is 10.2 Å². The zero-order chi connectivity index (χ0) is 19.5. The molecule has 0 saturated carbocycles. The molecule has 1 aliphatic heterocycles. The lowest BCUT2D eigenvalue weighted by molar-refractivity contribution is 0.00235. The zero-order valence-electron chi connectivity index (χ0n) is 16.0. The number of fused-ring (bicyclic) bond motifs is 1. The quantitative estimate of drug-likeness (QED) is 0.660. The predicted octanol–water partition coefficient (Wildman–Crippen LogP) is 4.86. The summed E-state index contributed by atoms with van der Waals surface area (Å²) in [5, 5.41) is 7.14. The van der Waals surface area contributed by atoms with Gasteiger partial charge in [-0.2, -0.15) is 0 Å². The molecule has 3 heterocycles. The molecule has 146 valence electrons. The Kier molecular flexibility index (Phi) is 5.54. The van der Waals surface area contributed by atoms with Crippen molar-refractivity contribution in [3.05, 3.63) is 53.3 Å². The Bertz CT molecular complexity index is 957. The zero-order valence-corrected chi connectivity index (χ0v) is 16.8. The molecular weight excluding hydrogens is 372 g/mol. The summed E-state index contributed by atoms with van der Waals surface area (Å²) in [5.41, 5.74) is 2.80. The maximum atomic E-state index is 12.5. The molecule has 2 N–H and O–H groups in total. The molecule has 0 aliphatic carbocycles. The average Bonchev–Trinajstić information content (AvgIpc) is 3.12. The van der Waals surface area contributed by atoms with Crippen molar-refractivity contribution in [2.24, 2.45) is 0 Å². The molecule has 1 aliphatic rings. The van der Waals surface area contributed by atoms with Crippen molar-refractivity contribution < 1.29 is 9.53 Å². The van der Waals surface area contributed by atoms with Crippen LogP contribution in [0, 0.1) is 0 Å². The molecule has 6 nitrogen and oxygen atoms in total. The molecule has 0 bridgehead atoms. The minimum Gasteiger partial charge on any atom is -0.373 e. The third-order valence-electron chi connectivity index (χ3n) is 4.83. The van der Waals surface area contributed by atoms with E-state index in [0.717, 1.165) is 39.3 Å². The smallest absolute Gasteiger partial charge is 0.319 e. The van der Waals surface area contributed by atoms with E-state index in [-0.39, 0.29) is 18.2 Å². The van der Waals surface area contributed by atoms with E-state index in [0.29, 0.717) is 12.5 Å². The standard InChI is InChI=1S/C21H24N4O2S/c1-13(2)20-25-17-6-5-15(11-19(17)28-20)23-21(26)24-16-7-9-27-18(10-16)14-4-3-8-22-12-14/h3-6,8,11-13,16,18H,7,9-10H2,1-2H3,(H2,23,24,26)/t16-,18+/m1/s1. The number of anilines is 1. The number of urea groups is 1. The minimum atomic E-state index is -0.190. The molecular formula is C21H24N4O2S. The van der Waals surface area contributed by atoms with Gasteiger partial charge in [0.25, 0.3) is 0 Å². The number of hydrogen-bond acceptors (Lipinski definition) is 5. The molecule has 3 aromatic rings. The first-order chi connectivity index (χ1) is 13.6. The normalized spacial score (nSPS) is 19.7. The number of carbonyl (C=O) groups is 1. The molecule has 7 heteroatoms. The van der Waals surface area contributed by atoms with Crippen LogP contribution < -0.4 is 10.6 Å². The van der Waals surface area contributed by atoms with E-state index < -0.39 is 0 Å². The van der Waals surface area contributed by atoms with E-state index in [1.807, 2.05) is 36.5 Å². The second-order valence-electron chi connectivity index (χ2n) is 7.35. The Morgan fingerprint density at radius 2 is 2.21 bits per heavy atom. The predicted molar refractivity (Wildman–Crippen MR) is 112 cm³/mol. The summed E-state index contributed by atoms with van der Waals surface area (Å²) in [6, 6.07) is 9.64. The highest BCUT2D eigenvalue weighted by Crippen LogP contribution is 2.30. The van der Waals surface area contributed by atoms with Crippen molar-refractivity contribution in [1.29, 1.82) is 0 Å². The number of hydrogen-bond donors (Lipinski definition) is 2. The van der Waals surface area contributed by atoms with E-state index in [9.17, 15) is 4.79 Å². The molecule has 2 aromatic heterocycles. The number of carbonyl (C=O) groups excluding carboxylic acids is 1. The fourth-order valence-electron chi connectivity index (χ4n) is 3.35. The molecule has 28 heavy (non-hydrogen) atoms. The van der Waals surface area contributed by atoms with Crippen LogP contribution in [0.15, 0.2) is 42.7 Å². The van der Waals surface area contributed by atoms with Crippen LogP contribution in [0.1, 0.15) is 49.3 Å². The highest BCUT2D eigenvalue weighted by atomic mass is 32.1. The molecule has 2 atom stereocenters. The number of benzene rings is 1. The van der Waals surface area contributed by atoms with Gasteiger partial charge in [0, 0.05) is 36.6 Å². The average molecular weight is 397 g/mol. The van der Waals surface area contributed by atoms with Gasteiger partial charge in [-0.25, -0.2) is 9.78 Å². The molecule has 1 saturated heterocycles. The molecule has 1 aromatic carbocycles. The van der Waals surface area contributed by atoms with E-state index in [1.54, 1.807) is 17.5 Å². The van der Waals surface area contributed by atoms with Crippen molar-refractivity contribution >= 4 is 33.3 Å². The SMILES string of the molecule is CC(C)c1nc2ccc(NC(=O)N[C@@H]3CCO[C@H](c4cccnc4)C3)cc2s1. The number of thiazole rings is 1. The van der Waals surface area contributed by atoms with Crippen LogP contribution in [0.2, 0.25) is 0 Å². The third kappa shape index (κ3) is 4.31. The van der Waals surface area contributed by atoms with Crippen molar-refractivity contribution in [1.82, 2.24) is 15.3 Å². The number of pyridine rings is 1. The van der Waals surface area contributed by atoms with E-state index in [1.165, 1.54) is 0 Å². The number of nitrogens with one attached hydrogen (secondary N) is 2. The Morgan fingerprint density at radius 1 is 1.32 bits per heavy atom. The highest BCUT2D eigenvalue weighted by molar-refractivity contribution is 7.18. The first-order valence-corrected chi connectivity index (χ1v) is 10.4. The molecule has 0 radical (unpaired) electrons. The maximum absolute atomic E-state index is 12.5. The van der Waals surface area contributed by atoms with Gasteiger partial charge in [-0.15, -0.1) is 11.3 Å². The van der Waals surface area contributed by atoms with Crippen LogP contribution in [-0.4, -0.2) is 28.6 Å². The van der Waals surface area contributed by atoms with Crippen LogP contribution in [-0.2, 0) is 4.74 Å². The number of amides is 2. The Hall–Kier alpha value is -2.51. The molecule has 4 rings (SSSR count). The van der Waals surface area contributed by atoms with Crippen molar-refractivity contribution in [2.75, 3.05) is 11.9 Å². The van der Waals surface area contributed by atoms with Gasteiger partial charge in [0.15, 0.2) is 0 Å². The van der Waals surface area contributed by atoms with E-state index in [2.05, 4.69) is 34.4 Å². The van der Waals surface area contributed by atoms with Gasteiger partial charge in [-0.1, -0.05) is 19.9 Å². The van der Waals surface area contributed by atoms with E-state index in [4.69, 9.17) is 4.74 Å². The van der Waals surface area contributed by atoms with Gasteiger partial charge in [0.05, 0.1) is 21.3 Å². The van der Waals surface area contributed by atoms with Crippen molar-refractivity contribution in [2.45, 2.75) is 44.8 Å². The number of nitrogens with zero attached hydrogens (tertiary/aromatic N) is 2. The highest BCUT2D eigenvalue weighted by Gasteiger charge is 2.25. The fraction of sp³-hybridized carbons (Fsp3) is 0.381. The summed E-state index contributed by atoms with van der Waals surface area (Å²) < 4.78 is 6.93. The second-order valence-corrected chi connectivity index (χ2v) is 8.42. The van der Waals surface area contributed by atoms with Crippen LogP contribution in [0.5, 0.6) is 0 Å². The fourth-order valence-corrected chi connectivity index (χ4v) is 4.36. The molecule has 0 unspecified atom stereocenters. The summed E-state index contributed by atoms with van der Waals surface area (Å²) in [6.45, 7) is 4.89. The Labute approximate surface area is 168 Å². The Balaban J connectivity index is 1.38. The van der Waals surface area contributed by atoms with Crippen LogP contribution >= 0.6 is 11.3 Å². The van der Waals surface area contributed by atoms with Gasteiger partial charge in [-0.05, 0) is 42.7 Å². The lowest BCUT2D eigenvalue weighted by Crippen LogP contribution is -2.42. The lowest BCUT2D eigenvalue weighted by Gasteiger charge is -2.30. The first-order valence-electron chi connectivity index (χ1n) is 9.58. The largest absolute Gasteiger partial charge is 0.373 e. The van der Waals surface area contributed by atoms with Gasteiger partial charge >= 0.3 is 6.03 Å². The maximum Gasteiger partial charge on any atom is 0.319 e. The number of ether oxygens (including phenoxy) is 1. The third-order valence-corrected chi connectivity index (χ3v) is 6.15. The summed E-state index contributed by atoms with van der Waals surface area (Å²) >= 11 is 1.67.